The van der Waals surface area contributed by atoms with Gasteiger partial charge in [-0.2, -0.15) is 0 Å². The molecule has 1 aliphatic carbocycles. The highest BCUT2D eigenvalue weighted by atomic mass is 19.2. The Hall–Kier alpha value is -2.34. The van der Waals surface area contributed by atoms with E-state index in [1.807, 2.05) is 18.2 Å². The molecule has 2 heterocycles. The monoisotopic (exact) mass is 399 g/mol. The molecule has 0 bridgehead atoms. The van der Waals surface area contributed by atoms with Gasteiger partial charge in [-0.3, -0.25) is 14.7 Å². The third-order valence-electron chi connectivity index (χ3n) is 6.18. The second-order valence-electron chi connectivity index (χ2n) is 8.25. The number of hydrogen-bond acceptors (Lipinski definition) is 3. The Kier molecular flexibility index (Phi) is 6.19. The molecule has 6 heteroatoms. The summed E-state index contributed by atoms with van der Waals surface area (Å²) in [6.45, 7) is 2.26. The van der Waals surface area contributed by atoms with Crippen LogP contribution in [0.1, 0.15) is 49.4 Å². The van der Waals surface area contributed by atoms with E-state index < -0.39 is 11.6 Å². The molecule has 1 N–H and O–H groups in total. The highest BCUT2D eigenvalue weighted by molar-refractivity contribution is 5.79. The molecule has 1 aromatic heterocycles. The summed E-state index contributed by atoms with van der Waals surface area (Å²) in [5, 5.41) is 3.27. The molecule has 2 atom stereocenters. The maximum absolute atomic E-state index is 13.6. The lowest BCUT2D eigenvalue weighted by Crippen LogP contribution is -2.45. The fraction of sp³-hybridized carbons (Fsp3) is 0.478. The zero-order chi connectivity index (χ0) is 20.2. The summed E-state index contributed by atoms with van der Waals surface area (Å²) in [4.78, 5) is 19.4. The summed E-state index contributed by atoms with van der Waals surface area (Å²) < 4.78 is 26.8. The molecule has 1 aromatic carbocycles. The summed E-state index contributed by atoms with van der Waals surface area (Å²) >= 11 is 0. The molecule has 29 heavy (non-hydrogen) atoms. The zero-order valence-electron chi connectivity index (χ0n) is 16.5. The van der Waals surface area contributed by atoms with Crippen LogP contribution in [0.4, 0.5) is 8.78 Å². The van der Waals surface area contributed by atoms with Crippen LogP contribution >= 0.6 is 0 Å². The lowest BCUT2D eigenvalue weighted by atomic mass is 9.83. The summed E-state index contributed by atoms with van der Waals surface area (Å²) in [5.41, 5.74) is 1.65. The largest absolute Gasteiger partial charge is 0.347 e. The van der Waals surface area contributed by atoms with Crippen LogP contribution in [0.3, 0.4) is 0 Å². The fourth-order valence-electron chi connectivity index (χ4n) is 4.34. The van der Waals surface area contributed by atoms with Crippen LogP contribution in [0, 0.1) is 23.5 Å². The van der Waals surface area contributed by atoms with E-state index in [1.165, 1.54) is 12.1 Å². The maximum atomic E-state index is 13.6. The van der Waals surface area contributed by atoms with E-state index in [2.05, 4.69) is 15.2 Å². The van der Waals surface area contributed by atoms with Gasteiger partial charge in [0.15, 0.2) is 11.6 Å². The first-order valence-electron chi connectivity index (χ1n) is 10.5. The molecular weight excluding hydrogens is 372 g/mol. The number of amides is 1. The number of rotatable bonds is 6. The molecule has 1 aliphatic heterocycles. The molecule has 2 aromatic rings. The number of hydrogen-bond donors (Lipinski definition) is 1. The van der Waals surface area contributed by atoms with Crippen molar-refractivity contribution in [1.82, 2.24) is 15.2 Å². The lowest BCUT2D eigenvalue weighted by Gasteiger charge is -2.38. The van der Waals surface area contributed by atoms with Crippen molar-refractivity contribution < 1.29 is 13.6 Å². The van der Waals surface area contributed by atoms with E-state index in [4.69, 9.17) is 0 Å². The number of nitrogens with zero attached hydrogens (tertiary/aromatic N) is 2. The van der Waals surface area contributed by atoms with E-state index in [-0.39, 0.29) is 23.8 Å². The van der Waals surface area contributed by atoms with Crippen molar-refractivity contribution in [1.29, 1.82) is 0 Å². The molecular formula is C23H27F2N3O. The minimum Gasteiger partial charge on any atom is -0.347 e. The van der Waals surface area contributed by atoms with Gasteiger partial charge in [-0.25, -0.2) is 8.78 Å². The van der Waals surface area contributed by atoms with Crippen molar-refractivity contribution in [2.45, 2.75) is 44.7 Å². The third kappa shape index (κ3) is 4.81. The highest BCUT2D eigenvalue weighted by Crippen LogP contribution is 2.32. The SMILES string of the molecule is O=C(NC(c1ccccn1)C1CCCN(Cc2ccc(F)c(F)c2)C1)C1CCC1. The second kappa shape index (κ2) is 8.99. The number of benzene rings is 1. The van der Waals surface area contributed by atoms with Gasteiger partial charge in [-0.1, -0.05) is 18.6 Å². The Balaban J connectivity index is 1.47. The number of piperidine rings is 1. The number of likely N-dealkylation sites (tertiary alicyclic amines) is 1. The summed E-state index contributed by atoms with van der Waals surface area (Å²) in [6.07, 6.45) is 6.82. The Morgan fingerprint density at radius 3 is 2.69 bits per heavy atom. The quantitative estimate of drug-likeness (QED) is 0.791. The highest BCUT2D eigenvalue weighted by Gasteiger charge is 2.33. The molecule has 1 saturated heterocycles. The van der Waals surface area contributed by atoms with Gasteiger partial charge in [0.05, 0.1) is 11.7 Å². The van der Waals surface area contributed by atoms with Crippen LogP contribution in [-0.4, -0.2) is 28.9 Å². The number of pyridine rings is 1. The zero-order valence-corrected chi connectivity index (χ0v) is 16.5. The molecule has 4 nitrogen and oxygen atoms in total. The molecule has 1 amide bonds. The predicted molar refractivity (Wildman–Crippen MR) is 107 cm³/mol. The minimum absolute atomic E-state index is 0.128. The van der Waals surface area contributed by atoms with Gasteiger partial charge >= 0.3 is 0 Å². The molecule has 4 rings (SSSR count). The van der Waals surface area contributed by atoms with Crippen molar-refractivity contribution in [3.8, 4) is 0 Å². The van der Waals surface area contributed by atoms with E-state index in [1.54, 1.807) is 12.3 Å². The predicted octanol–water partition coefficient (Wildman–Crippen LogP) is 4.23. The minimum atomic E-state index is -0.820. The van der Waals surface area contributed by atoms with Crippen molar-refractivity contribution in [3.05, 3.63) is 65.5 Å². The Morgan fingerprint density at radius 1 is 1.14 bits per heavy atom. The molecule has 2 unspecified atom stereocenters. The van der Waals surface area contributed by atoms with Gasteiger partial charge in [0.1, 0.15) is 0 Å². The average molecular weight is 399 g/mol. The summed E-state index contributed by atoms with van der Waals surface area (Å²) in [6, 6.07) is 9.76. The van der Waals surface area contributed by atoms with E-state index in [9.17, 15) is 13.6 Å². The van der Waals surface area contributed by atoms with Crippen molar-refractivity contribution in [2.75, 3.05) is 13.1 Å². The normalized spacial score (nSPS) is 21.4. The standard InChI is InChI=1S/C23H27F2N3O/c24-19-10-9-16(13-20(19)25)14-28-12-4-7-18(15-28)22(21-8-1-2-11-26-21)27-23(29)17-5-3-6-17/h1-2,8-11,13,17-18,22H,3-7,12,14-15H2,(H,27,29). The van der Waals surface area contributed by atoms with Gasteiger partial charge in [0.2, 0.25) is 5.91 Å². The van der Waals surface area contributed by atoms with Gasteiger partial charge in [-0.15, -0.1) is 0 Å². The molecule has 2 fully saturated rings. The van der Waals surface area contributed by atoms with Gasteiger partial charge < -0.3 is 5.32 Å². The van der Waals surface area contributed by atoms with Crippen LogP contribution in [0.5, 0.6) is 0 Å². The number of carbonyl (C=O) groups is 1. The average Bonchev–Trinajstić information content (AvgIpc) is 2.68. The first-order chi connectivity index (χ1) is 14.1. The van der Waals surface area contributed by atoms with Crippen molar-refractivity contribution in [3.63, 3.8) is 0 Å². The van der Waals surface area contributed by atoms with Gasteiger partial charge in [0.25, 0.3) is 0 Å². The number of halogens is 2. The first kappa shape index (κ1) is 20.0. The maximum Gasteiger partial charge on any atom is 0.223 e. The van der Waals surface area contributed by atoms with Crippen LogP contribution < -0.4 is 5.32 Å². The van der Waals surface area contributed by atoms with E-state index >= 15 is 0 Å². The summed E-state index contributed by atoms with van der Waals surface area (Å²) in [7, 11) is 0. The molecule has 2 aliphatic rings. The van der Waals surface area contributed by atoms with Crippen LogP contribution in [0.15, 0.2) is 42.6 Å². The van der Waals surface area contributed by atoms with Crippen LogP contribution in [0.2, 0.25) is 0 Å². The van der Waals surface area contributed by atoms with Gasteiger partial charge in [0, 0.05) is 25.2 Å². The van der Waals surface area contributed by atoms with Gasteiger partial charge in [-0.05, 0) is 68.0 Å². The van der Waals surface area contributed by atoms with E-state index in [0.29, 0.717) is 6.54 Å². The smallest absolute Gasteiger partial charge is 0.223 e. The van der Waals surface area contributed by atoms with E-state index in [0.717, 1.165) is 56.5 Å². The van der Waals surface area contributed by atoms with Crippen molar-refractivity contribution in [2.24, 2.45) is 11.8 Å². The van der Waals surface area contributed by atoms with Crippen LogP contribution in [0.25, 0.3) is 0 Å². The molecule has 0 spiro atoms. The molecule has 0 radical (unpaired) electrons. The fourth-order valence-corrected chi connectivity index (χ4v) is 4.34. The number of carbonyl (C=O) groups excluding carboxylic acids is 1. The van der Waals surface area contributed by atoms with Crippen molar-refractivity contribution >= 4 is 5.91 Å². The molecule has 1 saturated carbocycles. The summed E-state index contributed by atoms with van der Waals surface area (Å²) in [5.74, 6) is -1.14. The van der Waals surface area contributed by atoms with Crippen LogP contribution in [-0.2, 0) is 11.3 Å². The number of aromatic nitrogens is 1. The second-order valence-corrected chi connectivity index (χ2v) is 8.25. The lowest BCUT2D eigenvalue weighted by molar-refractivity contribution is -0.128. The topological polar surface area (TPSA) is 45.2 Å². The Labute approximate surface area is 170 Å². The first-order valence-corrected chi connectivity index (χ1v) is 10.5. The molecule has 154 valence electrons. The third-order valence-corrected chi connectivity index (χ3v) is 6.18. The Bertz CT molecular complexity index is 841. The Morgan fingerprint density at radius 2 is 2.00 bits per heavy atom. The number of nitrogens with one attached hydrogen (secondary N) is 1.